The van der Waals surface area contributed by atoms with Gasteiger partial charge in [-0.15, -0.1) is 0 Å². The van der Waals surface area contributed by atoms with E-state index < -0.39 is 34.9 Å². The average molecular weight is 483 g/mol. The van der Waals surface area contributed by atoms with Crippen LogP contribution < -0.4 is 15.9 Å². The molecule has 0 spiro atoms. The molecule has 1 saturated carbocycles. The van der Waals surface area contributed by atoms with Crippen molar-refractivity contribution in [2.45, 2.75) is 43.7 Å². The second kappa shape index (κ2) is 9.78. The Morgan fingerprint density at radius 3 is 2.59 bits per heavy atom. The van der Waals surface area contributed by atoms with Crippen molar-refractivity contribution in [3.05, 3.63) is 69.8 Å². The molecule has 182 valence electrons. The maximum atomic E-state index is 13.6. The van der Waals surface area contributed by atoms with Crippen LogP contribution in [0.2, 0.25) is 0 Å². The summed E-state index contributed by atoms with van der Waals surface area (Å²) in [6.07, 6.45) is -2.31. The molecule has 4 rings (SSSR count). The van der Waals surface area contributed by atoms with Crippen molar-refractivity contribution in [1.82, 2.24) is 9.97 Å². The molecule has 1 amide bonds. The minimum atomic E-state index is -4.30. The highest BCUT2D eigenvalue weighted by atomic mass is 19.4. The number of nitrogens with two attached hydrogens (primary N) is 1. The molecule has 1 fully saturated rings. The standard InChI is InChI=1S/C15H15F2N3O2.C8H7F3O/c16-15(17)4-1-2-8(7-15)10-6-11(21)12-9(20-10)3-5-19-13(12)14(18)22;1-12-7-4-2-3-6(5-7)8(9,10)11/h3,5-6,8H,1-2,4,7H2,(H2,18,22)(H,20,21);2-5H,1H3/t8-;/m0./s1. The predicted molar refractivity (Wildman–Crippen MR) is 115 cm³/mol. The van der Waals surface area contributed by atoms with Gasteiger partial charge in [-0.2, -0.15) is 13.2 Å². The van der Waals surface area contributed by atoms with Crippen molar-refractivity contribution in [2.24, 2.45) is 5.73 Å². The summed E-state index contributed by atoms with van der Waals surface area (Å²) in [5.41, 5.74) is 4.84. The van der Waals surface area contributed by atoms with E-state index in [-0.39, 0.29) is 29.7 Å². The molecular weight excluding hydrogens is 461 g/mol. The van der Waals surface area contributed by atoms with E-state index in [1.165, 1.54) is 37.6 Å². The first kappa shape index (κ1) is 25.1. The van der Waals surface area contributed by atoms with Crippen molar-refractivity contribution in [1.29, 1.82) is 0 Å². The summed E-state index contributed by atoms with van der Waals surface area (Å²) in [7, 11) is 1.33. The van der Waals surface area contributed by atoms with Crippen LogP contribution in [0.15, 0.2) is 47.4 Å². The lowest BCUT2D eigenvalue weighted by atomic mass is 9.84. The number of carbonyl (C=O) groups excluding carboxylic acids is 1. The van der Waals surface area contributed by atoms with Crippen molar-refractivity contribution in [2.75, 3.05) is 7.11 Å². The Hall–Kier alpha value is -3.50. The fraction of sp³-hybridized carbons (Fsp3) is 0.348. The number of fused-ring (bicyclic) bond motifs is 1. The number of H-pyrrole nitrogens is 1. The normalized spacial score (nSPS) is 17.5. The first-order valence-electron chi connectivity index (χ1n) is 10.3. The van der Waals surface area contributed by atoms with Crippen molar-refractivity contribution in [3.8, 4) is 5.75 Å². The number of benzene rings is 1. The highest BCUT2D eigenvalue weighted by molar-refractivity contribution is 6.03. The first-order valence-corrected chi connectivity index (χ1v) is 10.3. The molecule has 0 unspecified atom stereocenters. The second-order valence-electron chi connectivity index (χ2n) is 7.91. The predicted octanol–water partition coefficient (Wildman–Crippen LogP) is 5.03. The lowest BCUT2D eigenvalue weighted by molar-refractivity contribution is -0.137. The third kappa shape index (κ3) is 5.89. The number of ether oxygens (including phenoxy) is 1. The van der Waals surface area contributed by atoms with Crippen LogP contribution in [0.1, 0.15) is 53.3 Å². The quantitative estimate of drug-likeness (QED) is 0.511. The summed E-state index contributed by atoms with van der Waals surface area (Å²) >= 11 is 0. The molecule has 0 saturated heterocycles. The average Bonchev–Trinajstić information content (AvgIpc) is 2.77. The molecule has 11 heteroatoms. The number of carbonyl (C=O) groups is 1. The van der Waals surface area contributed by atoms with Crippen molar-refractivity contribution in [3.63, 3.8) is 0 Å². The maximum absolute atomic E-state index is 13.6. The fourth-order valence-corrected chi connectivity index (χ4v) is 3.86. The molecule has 1 aliphatic rings. The Balaban J connectivity index is 0.000000229. The molecule has 34 heavy (non-hydrogen) atoms. The van der Waals surface area contributed by atoms with Crippen LogP contribution in [0, 0.1) is 0 Å². The minimum absolute atomic E-state index is 0.0984. The fourth-order valence-electron chi connectivity index (χ4n) is 3.86. The number of pyridine rings is 2. The zero-order chi connectivity index (χ0) is 25.1. The number of rotatable bonds is 3. The number of aromatic nitrogens is 2. The molecule has 0 bridgehead atoms. The van der Waals surface area contributed by atoms with Gasteiger partial charge in [0.05, 0.1) is 23.6 Å². The van der Waals surface area contributed by atoms with E-state index >= 15 is 0 Å². The Morgan fingerprint density at radius 2 is 1.97 bits per heavy atom. The number of hydrogen-bond acceptors (Lipinski definition) is 4. The van der Waals surface area contributed by atoms with Gasteiger partial charge in [0.25, 0.3) is 5.91 Å². The molecule has 2 heterocycles. The number of nitrogens with one attached hydrogen (secondary N) is 1. The molecule has 1 aliphatic carbocycles. The van der Waals surface area contributed by atoms with Crippen LogP contribution >= 0.6 is 0 Å². The lowest BCUT2D eigenvalue weighted by Crippen LogP contribution is -2.26. The van der Waals surface area contributed by atoms with E-state index in [1.54, 1.807) is 0 Å². The van der Waals surface area contributed by atoms with Crippen LogP contribution in [0.5, 0.6) is 5.75 Å². The Bertz CT molecular complexity index is 1240. The molecule has 1 aromatic carbocycles. The van der Waals surface area contributed by atoms with Crippen LogP contribution in [-0.4, -0.2) is 28.9 Å². The van der Waals surface area contributed by atoms with Crippen LogP contribution in [0.4, 0.5) is 22.0 Å². The number of amides is 1. The summed E-state index contributed by atoms with van der Waals surface area (Å²) in [4.78, 5) is 30.4. The molecule has 6 nitrogen and oxygen atoms in total. The number of nitrogens with zero attached hydrogens (tertiary/aromatic N) is 1. The highest BCUT2D eigenvalue weighted by Crippen LogP contribution is 2.41. The van der Waals surface area contributed by atoms with Gasteiger partial charge < -0.3 is 15.5 Å². The number of primary amides is 1. The number of hydrogen-bond donors (Lipinski definition) is 2. The third-order valence-corrected chi connectivity index (χ3v) is 5.47. The summed E-state index contributed by atoms with van der Waals surface area (Å²) in [6.45, 7) is 0. The molecule has 1 atom stereocenters. The van der Waals surface area contributed by atoms with Crippen molar-refractivity contribution >= 4 is 16.8 Å². The van der Waals surface area contributed by atoms with Crippen LogP contribution in [0.25, 0.3) is 10.9 Å². The van der Waals surface area contributed by atoms with E-state index in [9.17, 15) is 31.5 Å². The summed E-state index contributed by atoms with van der Waals surface area (Å²) < 4.78 is 67.9. The van der Waals surface area contributed by atoms with E-state index in [2.05, 4.69) is 14.7 Å². The van der Waals surface area contributed by atoms with Crippen LogP contribution in [0.3, 0.4) is 0 Å². The van der Waals surface area contributed by atoms with E-state index in [0.717, 1.165) is 12.1 Å². The topological polar surface area (TPSA) is 98.1 Å². The molecular formula is C23H22F5N3O3. The van der Waals surface area contributed by atoms with Gasteiger partial charge in [0.2, 0.25) is 5.92 Å². The molecule has 2 aromatic heterocycles. The highest BCUT2D eigenvalue weighted by Gasteiger charge is 2.37. The summed E-state index contributed by atoms with van der Waals surface area (Å²) in [6, 6.07) is 7.55. The van der Waals surface area contributed by atoms with Gasteiger partial charge in [0.1, 0.15) is 11.4 Å². The monoisotopic (exact) mass is 483 g/mol. The van der Waals surface area contributed by atoms with Gasteiger partial charge in [-0.05, 0) is 37.1 Å². The lowest BCUT2D eigenvalue weighted by Gasteiger charge is -2.29. The number of aromatic amines is 1. The molecule has 3 aromatic rings. The maximum Gasteiger partial charge on any atom is 0.416 e. The third-order valence-electron chi connectivity index (χ3n) is 5.47. The molecule has 0 radical (unpaired) electrons. The Morgan fingerprint density at radius 1 is 1.24 bits per heavy atom. The summed E-state index contributed by atoms with van der Waals surface area (Å²) in [5, 5.41) is 0.0984. The number of halogens is 5. The zero-order valence-electron chi connectivity index (χ0n) is 18.1. The summed E-state index contributed by atoms with van der Waals surface area (Å²) in [5.74, 6) is -3.69. The number of alkyl halides is 5. The molecule has 0 aliphatic heterocycles. The number of methoxy groups -OCH3 is 1. The second-order valence-corrected chi connectivity index (χ2v) is 7.91. The Kier molecular flexibility index (Phi) is 7.23. The van der Waals surface area contributed by atoms with Gasteiger partial charge in [-0.3, -0.25) is 14.6 Å². The van der Waals surface area contributed by atoms with Gasteiger partial charge in [0.15, 0.2) is 5.43 Å². The van der Waals surface area contributed by atoms with Gasteiger partial charge >= 0.3 is 6.18 Å². The van der Waals surface area contributed by atoms with Crippen LogP contribution in [-0.2, 0) is 6.18 Å². The Labute approximate surface area is 190 Å². The van der Waals surface area contributed by atoms with Gasteiger partial charge in [-0.25, -0.2) is 8.78 Å². The van der Waals surface area contributed by atoms with E-state index in [1.807, 2.05) is 0 Å². The molecule has 3 N–H and O–H groups in total. The minimum Gasteiger partial charge on any atom is -0.497 e. The first-order chi connectivity index (χ1) is 15.9. The van der Waals surface area contributed by atoms with Gasteiger partial charge in [0, 0.05) is 36.7 Å². The smallest absolute Gasteiger partial charge is 0.416 e. The zero-order valence-corrected chi connectivity index (χ0v) is 18.1. The SMILES string of the molecule is COc1cccc(C(F)(F)F)c1.NC(=O)c1nccc2[nH]c([C@H]3CCCC(F)(F)C3)cc(=O)c12. The van der Waals surface area contributed by atoms with E-state index in [0.29, 0.717) is 24.1 Å². The largest absolute Gasteiger partial charge is 0.497 e. The van der Waals surface area contributed by atoms with Crippen molar-refractivity contribution < 1.29 is 31.5 Å². The van der Waals surface area contributed by atoms with Gasteiger partial charge in [-0.1, -0.05) is 6.07 Å². The van der Waals surface area contributed by atoms with E-state index in [4.69, 9.17) is 5.73 Å².